The van der Waals surface area contributed by atoms with Crippen LogP contribution in [0.15, 0.2) is 0 Å². The fourth-order valence-corrected chi connectivity index (χ4v) is 2.38. The first-order valence-corrected chi connectivity index (χ1v) is 6.01. The van der Waals surface area contributed by atoms with E-state index >= 15 is 0 Å². The molecule has 88 valence electrons. The predicted octanol–water partition coefficient (Wildman–Crippen LogP) is 0.835. The van der Waals surface area contributed by atoms with E-state index in [9.17, 15) is 4.79 Å². The molecule has 1 aromatic rings. The highest BCUT2D eigenvalue weighted by molar-refractivity contribution is 7.15. The summed E-state index contributed by atoms with van der Waals surface area (Å²) in [6.07, 6.45) is 1.80. The molecule has 1 atom stereocenters. The van der Waals surface area contributed by atoms with Gasteiger partial charge in [0.25, 0.3) is 0 Å². The number of carbonyl (C=O) groups is 1. The van der Waals surface area contributed by atoms with Crippen LogP contribution in [0.25, 0.3) is 0 Å². The van der Waals surface area contributed by atoms with Crippen molar-refractivity contribution < 1.29 is 9.90 Å². The van der Waals surface area contributed by atoms with E-state index in [1.807, 2.05) is 6.92 Å². The Kier molecular flexibility index (Phi) is 3.35. The fourth-order valence-electron chi connectivity index (χ4n) is 1.80. The van der Waals surface area contributed by atoms with Crippen LogP contribution in [0.5, 0.6) is 0 Å². The number of aryl methyl sites for hydroxylation is 1. The molecule has 1 fully saturated rings. The van der Waals surface area contributed by atoms with Crippen LogP contribution in [0, 0.1) is 6.92 Å². The molecule has 7 heteroatoms. The maximum Gasteiger partial charge on any atom is 0.324 e. The van der Waals surface area contributed by atoms with Gasteiger partial charge in [-0.05, 0) is 19.8 Å². The number of aromatic nitrogens is 2. The topological polar surface area (TPSA) is 78.4 Å². The van der Waals surface area contributed by atoms with Gasteiger partial charge in [-0.25, -0.2) is 4.79 Å². The molecule has 1 aliphatic rings. The standard InChI is InChI=1S/C9H14N4O2S/c1-6-11-12-8(16-6)10-9(15)13-4-2-3-7(13)5-14/h7,14H,2-5H2,1H3,(H,10,12,15)/t7-/m1/s1. The Labute approximate surface area is 97.3 Å². The van der Waals surface area contributed by atoms with Gasteiger partial charge in [0.05, 0.1) is 12.6 Å². The van der Waals surface area contributed by atoms with Crippen molar-refractivity contribution in [2.45, 2.75) is 25.8 Å². The average molecular weight is 242 g/mol. The van der Waals surface area contributed by atoms with E-state index in [-0.39, 0.29) is 18.7 Å². The second-order valence-corrected chi connectivity index (χ2v) is 4.91. The van der Waals surface area contributed by atoms with E-state index in [1.165, 1.54) is 11.3 Å². The van der Waals surface area contributed by atoms with E-state index in [4.69, 9.17) is 5.11 Å². The minimum atomic E-state index is -0.201. The summed E-state index contributed by atoms with van der Waals surface area (Å²) in [5, 5.41) is 20.8. The van der Waals surface area contributed by atoms with Crippen LogP contribution in [-0.4, -0.2) is 45.4 Å². The van der Waals surface area contributed by atoms with Gasteiger partial charge in [0.2, 0.25) is 5.13 Å². The van der Waals surface area contributed by atoms with Crippen LogP contribution in [-0.2, 0) is 0 Å². The van der Waals surface area contributed by atoms with Crippen LogP contribution in [0.2, 0.25) is 0 Å². The number of amides is 2. The lowest BCUT2D eigenvalue weighted by molar-refractivity contribution is 0.166. The highest BCUT2D eigenvalue weighted by Gasteiger charge is 2.28. The molecule has 0 unspecified atom stereocenters. The quantitative estimate of drug-likeness (QED) is 0.805. The molecule has 1 aliphatic heterocycles. The Balaban J connectivity index is 1.97. The van der Waals surface area contributed by atoms with Gasteiger partial charge in [-0.15, -0.1) is 10.2 Å². The van der Waals surface area contributed by atoms with Crippen LogP contribution < -0.4 is 5.32 Å². The van der Waals surface area contributed by atoms with Crippen molar-refractivity contribution in [2.24, 2.45) is 0 Å². The molecular weight excluding hydrogens is 228 g/mol. The largest absolute Gasteiger partial charge is 0.394 e. The molecule has 6 nitrogen and oxygen atoms in total. The van der Waals surface area contributed by atoms with Crippen LogP contribution in [0.4, 0.5) is 9.93 Å². The molecule has 0 radical (unpaired) electrons. The van der Waals surface area contributed by atoms with Crippen molar-refractivity contribution in [1.82, 2.24) is 15.1 Å². The van der Waals surface area contributed by atoms with E-state index < -0.39 is 0 Å². The zero-order valence-corrected chi connectivity index (χ0v) is 9.83. The summed E-state index contributed by atoms with van der Waals surface area (Å²) in [7, 11) is 0. The average Bonchev–Trinajstić information content (AvgIpc) is 2.86. The first-order chi connectivity index (χ1) is 7.70. The third kappa shape index (κ3) is 2.30. The summed E-state index contributed by atoms with van der Waals surface area (Å²) in [6.45, 7) is 2.54. The molecule has 0 aromatic carbocycles. The summed E-state index contributed by atoms with van der Waals surface area (Å²) in [4.78, 5) is 13.5. The van der Waals surface area contributed by atoms with Crippen molar-refractivity contribution in [3.05, 3.63) is 5.01 Å². The Bertz CT molecular complexity index is 381. The second-order valence-electron chi connectivity index (χ2n) is 3.73. The summed E-state index contributed by atoms with van der Waals surface area (Å²) in [5.41, 5.74) is 0. The van der Waals surface area contributed by atoms with Gasteiger partial charge in [-0.1, -0.05) is 11.3 Å². The lowest BCUT2D eigenvalue weighted by atomic mass is 10.2. The van der Waals surface area contributed by atoms with Gasteiger partial charge in [0.1, 0.15) is 5.01 Å². The number of hydrogen-bond acceptors (Lipinski definition) is 5. The molecule has 1 aromatic heterocycles. The lowest BCUT2D eigenvalue weighted by Crippen LogP contribution is -2.40. The number of nitrogens with one attached hydrogen (secondary N) is 1. The van der Waals surface area contributed by atoms with Crippen LogP contribution in [0.1, 0.15) is 17.8 Å². The molecule has 2 heterocycles. The Hall–Kier alpha value is -1.21. The number of carbonyl (C=O) groups excluding carboxylic acids is 1. The zero-order chi connectivity index (χ0) is 11.5. The number of nitrogens with zero attached hydrogens (tertiary/aromatic N) is 3. The molecule has 0 spiro atoms. The number of urea groups is 1. The van der Waals surface area contributed by atoms with Crippen molar-refractivity contribution in [3.8, 4) is 0 Å². The van der Waals surface area contributed by atoms with E-state index in [0.29, 0.717) is 11.7 Å². The maximum atomic E-state index is 11.8. The van der Waals surface area contributed by atoms with Crippen molar-refractivity contribution in [1.29, 1.82) is 0 Å². The number of aliphatic hydroxyl groups excluding tert-OH is 1. The minimum absolute atomic E-state index is 0.0164. The van der Waals surface area contributed by atoms with Gasteiger partial charge < -0.3 is 10.0 Å². The molecule has 1 saturated heterocycles. The Morgan fingerprint density at radius 2 is 2.50 bits per heavy atom. The monoisotopic (exact) mass is 242 g/mol. The van der Waals surface area contributed by atoms with Crippen molar-refractivity contribution >= 4 is 22.5 Å². The molecule has 2 amide bonds. The van der Waals surface area contributed by atoms with Gasteiger partial charge in [-0.2, -0.15) is 0 Å². The summed E-state index contributed by atoms with van der Waals surface area (Å²) >= 11 is 1.34. The molecular formula is C9H14N4O2S. The number of rotatable bonds is 2. The smallest absolute Gasteiger partial charge is 0.324 e. The van der Waals surface area contributed by atoms with Crippen LogP contribution in [0.3, 0.4) is 0 Å². The van der Waals surface area contributed by atoms with Gasteiger partial charge in [0.15, 0.2) is 0 Å². The van der Waals surface area contributed by atoms with Crippen molar-refractivity contribution in [2.75, 3.05) is 18.5 Å². The maximum absolute atomic E-state index is 11.8. The summed E-state index contributed by atoms with van der Waals surface area (Å²) < 4.78 is 0. The number of anilines is 1. The Morgan fingerprint density at radius 3 is 3.12 bits per heavy atom. The molecule has 16 heavy (non-hydrogen) atoms. The second kappa shape index (κ2) is 4.75. The number of hydrogen-bond donors (Lipinski definition) is 2. The highest BCUT2D eigenvalue weighted by Crippen LogP contribution is 2.19. The fraction of sp³-hybridized carbons (Fsp3) is 0.667. The van der Waals surface area contributed by atoms with E-state index in [0.717, 1.165) is 17.8 Å². The first kappa shape index (κ1) is 11.3. The molecule has 0 aliphatic carbocycles. The van der Waals surface area contributed by atoms with Gasteiger partial charge in [0, 0.05) is 6.54 Å². The van der Waals surface area contributed by atoms with Crippen molar-refractivity contribution in [3.63, 3.8) is 0 Å². The first-order valence-electron chi connectivity index (χ1n) is 5.19. The molecule has 2 N–H and O–H groups in total. The Morgan fingerprint density at radius 1 is 1.69 bits per heavy atom. The number of likely N-dealkylation sites (tertiary alicyclic amines) is 1. The SMILES string of the molecule is Cc1nnc(NC(=O)N2CCC[C@@H]2CO)s1. The molecule has 0 saturated carbocycles. The molecule has 2 rings (SSSR count). The zero-order valence-electron chi connectivity index (χ0n) is 9.01. The molecule has 0 bridgehead atoms. The number of aliphatic hydroxyl groups is 1. The normalized spacial score (nSPS) is 20.1. The van der Waals surface area contributed by atoms with Gasteiger partial charge >= 0.3 is 6.03 Å². The van der Waals surface area contributed by atoms with E-state index in [1.54, 1.807) is 4.90 Å². The highest BCUT2D eigenvalue weighted by atomic mass is 32.1. The van der Waals surface area contributed by atoms with Gasteiger partial charge in [-0.3, -0.25) is 5.32 Å². The lowest BCUT2D eigenvalue weighted by Gasteiger charge is -2.22. The third-order valence-corrected chi connectivity index (χ3v) is 3.34. The summed E-state index contributed by atoms with van der Waals surface area (Å²) in [6, 6.07) is -0.262. The third-order valence-electron chi connectivity index (χ3n) is 2.59. The van der Waals surface area contributed by atoms with E-state index in [2.05, 4.69) is 15.5 Å². The minimum Gasteiger partial charge on any atom is -0.394 e. The predicted molar refractivity (Wildman–Crippen MR) is 60.5 cm³/mol. The van der Waals surface area contributed by atoms with Crippen LogP contribution >= 0.6 is 11.3 Å². The summed E-state index contributed by atoms with van der Waals surface area (Å²) in [5.74, 6) is 0.